The van der Waals surface area contributed by atoms with Crippen molar-refractivity contribution < 1.29 is 9.53 Å². The maximum Gasteiger partial charge on any atom is 0.311 e. The van der Waals surface area contributed by atoms with Gasteiger partial charge in [-0.25, -0.2) is 4.98 Å². The van der Waals surface area contributed by atoms with Crippen LogP contribution in [0.25, 0.3) is 5.78 Å². The van der Waals surface area contributed by atoms with E-state index in [9.17, 15) is 9.59 Å². The molecule has 0 amide bonds. The topological polar surface area (TPSA) is 101 Å². The number of ether oxygens (including phenoxy) is 1. The summed E-state index contributed by atoms with van der Waals surface area (Å²) in [5, 5.41) is 5.94. The molecule has 2 N–H and O–H groups in total. The number of hydrogen-bond donors (Lipinski definition) is 2. The summed E-state index contributed by atoms with van der Waals surface area (Å²) in [5.41, 5.74) is 1.08. The number of nitrogens with zero attached hydrogens (tertiary/aromatic N) is 3. The lowest BCUT2D eigenvalue weighted by Gasteiger charge is -2.01. The lowest BCUT2D eigenvalue weighted by molar-refractivity contribution is -0.142. The fraction of sp³-hybridized carbons (Fsp3) is 0.250. The van der Waals surface area contributed by atoms with Crippen molar-refractivity contribution in [2.75, 3.05) is 11.9 Å². The van der Waals surface area contributed by atoms with Crippen LogP contribution in [0.4, 0.5) is 5.95 Å². The summed E-state index contributed by atoms with van der Waals surface area (Å²) in [4.78, 5) is 32.1. The van der Waals surface area contributed by atoms with Crippen molar-refractivity contribution in [2.24, 2.45) is 0 Å². The molecular weight excluding hydrogens is 310 g/mol. The van der Waals surface area contributed by atoms with Crippen LogP contribution < -0.4 is 10.9 Å². The molecule has 3 aromatic rings. The van der Waals surface area contributed by atoms with Crippen molar-refractivity contribution in [2.45, 2.75) is 19.9 Å². The predicted molar refractivity (Wildman–Crippen MR) is 87.7 cm³/mol. The average molecular weight is 327 g/mol. The molecular formula is C16H17N5O3. The second-order valence-corrected chi connectivity index (χ2v) is 5.11. The molecule has 24 heavy (non-hydrogen) atoms. The SMILES string of the molecule is CCOC(=O)Cc1cc(=O)n2[nH]c(NCc3ccccc3)nc2n1. The normalized spacial score (nSPS) is 10.7. The lowest BCUT2D eigenvalue weighted by Crippen LogP contribution is -2.18. The maximum atomic E-state index is 12.1. The summed E-state index contributed by atoms with van der Waals surface area (Å²) in [7, 11) is 0. The Balaban J connectivity index is 1.78. The zero-order chi connectivity index (χ0) is 16.9. The summed E-state index contributed by atoms with van der Waals surface area (Å²) in [5.74, 6) is 0.209. The number of carbonyl (C=O) groups is 1. The number of benzene rings is 1. The summed E-state index contributed by atoms with van der Waals surface area (Å²) < 4.78 is 6.09. The third-order valence-corrected chi connectivity index (χ3v) is 3.32. The number of hydrogen-bond acceptors (Lipinski definition) is 6. The molecule has 0 bridgehead atoms. The van der Waals surface area contributed by atoms with Crippen LogP contribution in [0.1, 0.15) is 18.2 Å². The van der Waals surface area contributed by atoms with E-state index in [1.807, 2.05) is 30.3 Å². The molecule has 0 aliphatic carbocycles. The molecule has 8 heteroatoms. The molecule has 2 aromatic heterocycles. The smallest absolute Gasteiger partial charge is 0.311 e. The van der Waals surface area contributed by atoms with Crippen LogP contribution in [0.3, 0.4) is 0 Å². The van der Waals surface area contributed by atoms with E-state index in [4.69, 9.17) is 4.74 Å². The van der Waals surface area contributed by atoms with Crippen LogP contribution in [-0.4, -0.2) is 32.2 Å². The number of esters is 1. The van der Waals surface area contributed by atoms with Gasteiger partial charge in [0.2, 0.25) is 5.95 Å². The number of aromatic nitrogens is 4. The first-order valence-electron chi connectivity index (χ1n) is 7.58. The Kier molecular flexibility index (Phi) is 4.55. The second-order valence-electron chi connectivity index (χ2n) is 5.11. The molecule has 0 aliphatic heterocycles. The van der Waals surface area contributed by atoms with Crippen molar-refractivity contribution in [3.05, 3.63) is 58.0 Å². The number of rotatable bonds is 6. The Morgan fingerprint density at radius 1 is 1.29 bits per heavy atom. The van der Waals surface area contributed by atoms with Gasteiger partial charge in [-0.3, -0.25) is 14.7 Å². The van der Waals surface area contributed by atoms with Gasteiger partial charge in [0, 0.05) is 12.6 Å². The molecule has 124 valence electrons. The first kappa shape index (κ1) is 15.7. The summed E-state index contributed by atoms with van der Waals surface area (Å²) >= 11 is 0. The highest BCUT2D eigenvalue weighted by Gasteiger charge is 2.11. The molecule has 0 atom stereocenters. The fourth-order valence-corrected chi connectivity index (χ4v) is 2.24. The van der Waals surface area contributed by atoms with Crippen molar-refractivity contribution in [3.8, 4) is 0 Å². The van der Waals surface area contributed by atoms with E-state index < -0.39 is 5.97 Å². The van der Waals surface area contributed by atoms with E-state index in [1.165, 1.54) is 10.6 Å². The van der Waals surface area contributed by atoms with Crippen molar-refractivity contribution in [3.63, 3.8) is 0 Å². The van der Waals surface area contributed by atoms with Gasteiger partial charge in [0.15, 0.2) is 0 Å². The number of carbonyl (C=O) groups excluding carboxylic acids is 1. The quantitative estimate of drug-likeness (QED) is 0.658. The highest BCUT2D eigenvalue weighted by molar-refractivity contribution is 5.72. The minimum atomic E-state index is -0.424. The second kappa shape index (κ2) is 6.95. The van der Waals surface area contributed by atoms with Gasteiger partial charge in [-0.1, -0.05) is 30.3 Å². The van der Waals surface area contributed by atoms with Gasteiger partial charge in [-0.15, -0.1) is 0 Å². The number of aromatic amines is 1. The third-order valence-electron chi connectivity index (χ3n) is 3.32. The molecule has 0 saturated heterocycles. The minimum Gasteiger partial charge on any atom is -0.466 e. The molecule has 1 aromatic carbocycles. The van der Waals surface area contributed by atoms with E-state index in [0.29, 0.717) is 18.2 Å². The van der Waals surface area contributed by atoms with Gasteiger partial charge >= 0.3 is 5.97 Å². The standard InChI is InChI=1S/C16H17N5O3/c1-2-24-14(23)9-12-8-13(22)21-16(18-12)19-15(20-21)17-10-11-6-4-3-5-7-11/h3-8H,2,9-10H2,1H3,(H2,17,18,19,20). The van der Waals surface area contributed by atoms with Gasteiger partial charge in [0.25, 0.3) is 11.3 Å². The average Bonchev–Trinajstić information content (AvgIpc) is 2.98. The summed E-state index contributed by atoms with van der Waals surface area (Å²) in [6, 6.07) is 11.1. The predicted octanol–water partition coefficient (Wildman–Crippen LogP) is 1.14. The third kappa shape index (κ3) is 3.60. The van der Waals surface area contributed by atoms with Gasteiger partial charge < -0.3 is 10.1 Å². The zero-order valence-corrected chi connectivity index (χ0v) is 13.2. The van der Waals surface area contributed by atoms with Crippen LogP contribution in [-0.2, 0) is 22.5 Å². The van der Waals surface area contributed by atoms with E-state index in [-0.39, 0.29) is 24.4 Å². The van der Waals surface area contributed by atoms with E-state index in [1.54, 1.807) is 6.92 Å². The zero-order valence-electron chi connectivity index (χ0n) is 13.2. The van der Waals surface area contributed by atoms with Crippen LogP contribution in [0, 0.1) is 0 Å². The number of fused-ring (bicyclic) bond motifs is 1. The summed E-state index contributed by atoms with van der Waals surface area (Å²) in [6.45, 7) is 2.57. The molecule has 0 radical (unpaired) electrons. The molecule has 0 unspecified atom stereocenters. The molecule has 2 heterocycles. The molecule has 0 fully saturated rings. The van der Waals surface area contributed by atoms with E-state index in [2.05, 4.69) is 20.4 Å². The monoisotopic (exact) mass is 327 g/mol. The van der Waals surface area contributed by atoms with Crippen LogP contribution in [0.2, 0.25) is 0 Å². The van der Waals surface area contributed by atoms with Gasteiger partial charge in [0.1, 0.15) is 0 Å². The molecule has 3 rings (SSSR count). The highest BCUT2D eigenvalue weighted by atomic mass is 16.5. The number of nitrogens with one attached hydrogen (secondary N) is 2. The van der Waals surface area contributed by atoms with E-state index >= 15 is 0 Å². The lowest BCUT2D eigenvalue weighted by atomic mass is 10.2. The number of H-pyrrole nitrogens is 1. The van der Waals surface area contributed by atoms with Crippen molar-refractivity contribution in [1.82, 2.24) is 19.6 Å². The van der Waals surface area contributed by atoms with E-state index in [0.717, 1.165) is 5.56 Å². The van der Waals surface area contributed by atoms with Crippen molar-refractivity contribution >= 4 is 17.7 Å². The first-order chi connectivity index (χ1) is 11.7. The van der Waals surface area contributed by atoms with Gasteiger partial charge in [-0.05, 0) is 12.5 Å². The highest BCUT2D eigenvalue weighted by Crippen LogP contribution is 2.06. The molecule has 0 aliphatic rings. The maximum absolute atomic E-state index is 12.1. The Labute approximate surface area is 137 Å². The van der Waals surface area contributed by atoms with Crippen molar-refractivity contribution in [1.29, 1.82) is 0 Å². The fourth-order valence-electron chi connectivity index (χ4n) is 2.24. The van der Waals surface area contributed by atoms with Crippen LogP contribution in [0.5, 0.6) is 0 Å². The van der Waals surface area contributed by atoms with Crippen LogP contribution in [0.15, 0.2) is 41.2 Å². The Morgan fingerprint density at radius 3 is 2.83 bits per heavy atom. The van der Waals surface area contributed by atoms with Crippen LogP contribution >= 0.6 is 0 Å². The van der Waals surface area contributed by atoms with Gasteiger partial charge in [-0.2, -0.15) is 9.50 Å². The van der Waals surface area contributed by atoms with Gasteiger partial charge in [0.05, 0.1) is 18.7 Å². The Morgan fingerprint density at radius 2 is 2.08 bits per heavy atom. The minimum absolute atomic E-state index is 0.0563. The number of anilines is 1. The Hall–Kier alpha value is -3.16. The Bertz CT molecular complexity index is 901. The molecule has 0 saturated carbocycles. The largest absolute Gasteiger partial charge is 0.466 e. The molecule has 0 spiro atoms. The summed E-state index contributed by atoms with van der Waals surface area (Å²) in [6.07, 6.45) is -0.0563. The first-order valence-corrected chi connectivity index (χ1v) is 7.58. The molecule has 8 nitrogen and oxygen atoms in total.